The average Bonchev–Trinajstić information content (AvgIpc) is 3.16. The number of esters is 1. The molecule has 192 valence electrons. The number of nitrogens with one attached hydrogen (secondary N) is 1. The molecule has 3 aromatic rings. The van der Waals surface area contributed by atoms with Crippen LogP contribution in [0.2, 0.25) is 0 Å². The van der Waals surface area contributed by atoms with Crippen molar-refractivity contribution in [3.8, 4) is 16.8 Å². The van der Waals surface area contributed by atoms with Crippen molar-refractivity contribution in [2.75, 3.05) is 13.7 Å². The number of alkyl carbamates (subject to hydrolysis) is 1. The van der Waals surface area contributed by atoms with E-state index in [4.69, 9.17) is 14.5 Å². The second kappa shape index (κ2) is 11.9. The largest absolute Gasteiger partial charge is 0.465 e. The van der Waals surface area contributed by atoms with Gasteiger partial charge in [0.25, 0.3) is 0 Å². The molecule has 36 heavy (non-hydrogen) atoms. The molecule has 0 aliphatic heterocycles. The van der Waals surface area contributed by atoms with Crippen molar-refractivity contribution in [1.82, 2.24) is 14.9 Å². The van der Waals surface area contributed by atoms with Gasteiger partial charge in [-0.15, -0.1) is 0 Å². The fourth-order valence-electron chi connectivity index (χ4n) is 4.10. The predicted octanol–water partition coefficient (Wildman–Crippen LogP) is 6.04. The van der Waals surface area contributed by atoms with Crippen molar-refractivity contribution in [3.05, 3.63) is 71.3 Å². The van der Waals surface area contributed by atoms with E-state index in [9.17, 15) is 9.59 Å². The van der Waals surface area contributed by atoms with Gasteiger partial charge in [0, 0.05) is 30.8 Å². The summed E-state index contributed by atoms with van der Waals surface area (Å²) in [7, 11) is 1.39. The summed E-state index contributed by atoms with van der Waals surface area (Å²) >= 11 is 0. The van der Waals surface area contributed by atoms with Gasteiger partial charge in [0.15, 0.2) is 0 Å². The molecule has 0 saturated heterocycles. The molecule has 0 atom stereocenters. The molecule has 7 nitrogen and oxygen atoms in total. The number of carbonyl (C=O) groups excluding carboxylic acids is 2. The Morgan fingerprint density at radius 1 is 1.03 bits per heavy atom. The highest BCUT2D eigenvalue weighted by Gasteiger charge is 2.18. The van der Waals surface area contributed by atoms with E-state index in [1.807, 2.05) is 51.1 Å². The van der Waals surface area contributed by atoms with Crippen molar-refractivity contribution >= 4 is 12.1 Å². The molecule has 7 heteroatoms. The van der Waals surface area contributed by atoms with Crippen LogP contribution in [0, 0.1) is 6.92 Å². The Morgan fingerprint density at radius 3 is 2.36 bits per heavy atom. The zero-order chi connectivity index (χ0) is 26.3. The summed E-state index contributed by atoms with van der Waals surface area (Å²) in [5, 5.41) is 2.82. The fourth-order valence-corrected chi connectivity index (χ4v) is 4.10. The van der Waals surface area contributed by atoms with Crippen molar-refractivity contribution in [2.45, 2.75) is 65.9 Å². The number of rotatable bonds is 9. The minimum atomic E-state index is -0.529. The van der Waals surface area contributed by atoms with E-state index in [2.05, 4.69) is 35.9 Å². The second-order valence-corrected chi connectivity index (χ2v) is 9.76. The Labute approximate surface area is 213 Å². The van der Waals surface area contributed by atoms with E-state index in [-0.39, 0.29) is 5.97 Å². The summed E-state index contributed by atoms with van der Waals surface area (Å²) in [6, 6.07) is 15.6. The molecule has 1 N–H and O–H groups in total. The van der Waals surface area contributed by atoms with Crippen LogP contribution in [0.4, 0.5) is 4.79 Å². The summed E-state index contributed by atoms with van der Waals surface area (Å²) in [6.45, 7) is 10.2. The second-order valence-electron chi connectivity index (χ2n) is 9.76. The third kappa shape index (κ3) is 6.74. The Bertz CT molecular complexity index is 1190. The molecule has 1 heterocycles. The lowest BCUT2D eigenvalue weighted by Gasteiger charge is -2.19. The van der Waals surface area contributed by atoms with Gasteiger partial charge in [-0.1, -0.05) is 43.7 Å². The van der Waals surface area contributed by atoms with Gasteiger partial charge >= 0.3 is 12.1 Å². The number of hydrogen-bond acceptors (Lipinski definition) is 5. The molecule has 0 spiro atoms. The molecule has 1 aromatic heterocycles. The van der Waals surface area contributed by atoms with E-state index in [0.29, 0.717) is 18.5 Å². The van der Waals surface area contributed by atoms with Gasteiger partial charge in [-0.25, -0.2) is 14.6 Å². The molecule has 0 radical (unpaired) electrons. The maximum absolute atomic E-state index is 12.2. The first kappa shape index (κ1) is 27.0. The maximum atomic E-state index is 12.2. The first-order valence-electron chi connectivity index (χ1n) is 12.5. The normalized spacial score (nSPS) is 11.3. The van der Waals surface area contributed by atoms with Crippen molar-refractivity contribution in [1.29, 1.82) is 0 Å². The molecular weight excluding hydrogens is 454 g/mol. The molecule has 3 rings (SSSR count). The van der Waals surface area contributed by atoms with Crippen LogP contribution < -0.4 is 5.32 Å². The van der Waals surface area contributed by atoms with Gasteiger partial charge in [0.2, 0.25) is 0 Å². The number of carbonyl (C=O) groups is 2. The van der Waals surface area contributed by atoms with E-state index in [1.165, 1.54) is 7.11 Å². The van der Waals surface area contributed by atoms with Crippen LogP contribution >= 0.6 is 0 Å². The molecule has 0 aliphatic rings. The van der Waals surface area contributed by atoms with Crippen LogP contribution in [0.25, 0.3) is 16.8 Å². The number of aryl methyl sites for hydroxylation is 1. The van der Waals surface area contributed by atoms with Crippen molar-refractivity contribution in [2.24, 2.45) is 0 Å². The first-order chi connectivity index (χ1) is 17.1. The highest BCUT2D eigenvalue weighted by atomic mass is 16.6. The molecule has 0 bridgehead atoms. The summed E-state index contributed by atoms with van der Waals surface area (Å²) < 4.78 is 12.5. The summed E-state index contributed by atoms with van der Waals surface area (Å²) in [6.07, 6.45) is 3.17. The molecule has 0 saturated carbocycles. The number of methoxy groups -OCH3 is 1. The third-order valence-electron chi connectivity index (χ3n) is 5.83. The van der Waals surface area contributed by atoms with Crippen LogP contribution in [0.3, 0.4) is 0 Å². The van der Waals surface area contributed by atoms with Gasteiger partial charge in [-0.05, 0) is 63.4 Å². The lowest BCUT2D eigenvalue weighted by molar-refractivity contribution is 0.0527. The van der Waals surface area contributed by atoms with Crippen LogP contribution in [-0.2, 0) is 22.3 Å². The minimum Gasteiger partial charge on any atom is -0.465 e. The van der Waals surface area contributed by atoms with Gasteiger partial charge in [-0.3, -0.25) is 0 Å². The lowest BCUT2D eigenvalue weighted by atomic mass is 9.99. The number of imidazole rings is 1. The number of nitrogens with zero attached hydrogens (tertiary/aromatic N) is 2. The number of amides is 1. The smallest absolute Gasteiger partial charge is 0.407 e. The number of unbranched alkanes of at least 4 members (excludes halogenated alkanes) is 1. The van der Waals surface area contributed by atoms with Gasteiger partial charge < -0.3 is 19.4 Å². The Balaban J connectivity index is 1.85. The number of ether oxygens (including phenoxy) is 2. The predicted molar refractivity (Wildman–Crippen MR) is 142 cm³/mol. The average molecular weight is 492 g/mol. The van der Waals surface area contributed by atoms with E-state index >= 15 is 0 Å². The topological polar surface area (TPSA) is 82.5 Å². The van der Waals surface area contributed by atoms with Gasteiger partial charge in [0.1, 0.15) is 11.4 Å². The van der Waals surface area contributed by atoms with E-state index in [0.717, 1.165) is 53.3 Å². The van der Waals surface area contributed by atoms with E-state index in [1.54, 1.807) is 6.07 Å². The lowest BCUT2D eigenvalue weighted by Crippen LogP contribution is -2.33. The molecule has 1 amide bonds. The fraction of sp³-hybridized carbons (Fsp3) is 0.414. The van der Waals surface area contributed by atoms with E-state index < -0.39 is 11.7 Å². The van der Waals surface area contributed by atoms with Crippen LogP contribution in [0.15, 0.2) is 48.5 Å². The Morgan fingerprint density at radius 2 is 1.72 bits per heavy atom. The highest BCUT2D eigenvalue weighted by Crippen LogP contribution is 2.27. The third-order valence-corrected chi connectivity index (χ3v) is 5.83. The molecular formula is C29H37N3O4. The standard InChI is InChI=1S/C29H37N3O4/c1-7-8-13-26-31-25(18-19-30-28(34)36-29(3,4)5)20(2)32(26)22-16-14-21(15-17-22)23-11-9-10-12-24(23)27(33)35-6/h9-12,14-17H,7-8,13,18-19H2,1-6H3,(H,30,34). The summed E-state index contributed by atoms with van der Waals surface area (Å²) in [5.41, 5.74) is 4.80. The van der Waals surface area contributed by atoms with Gasteiger partial charge in [0.05, 0.1) is 18.4 Å². The SMILES string of the molecule is CCCCc1nc(CCNC(=O)OC(C)(C)C)c(C)n1-c1ccc(-c2ccccc2C(=O)OC)cc1. The van der Waals surface area contributed by atoms with Crippen LogP contribution in [0.1, 0.15) is 68.1 Å². The van der Waals surface area contributed by atoms with Crippen LogP contribution in [-0.4, -0.2) is 40.9 Å². The highest BCUT2D eigenvalue weighted by molar-refractivity contribution is 5.97. The molecule has 0 fully saturated rings. The summed E-state index contributed by atoms with van der Waals surface area (Å²) in [4.78, 5) is 29.2. The number of aromatic nitrogens is 2. The van der Waals surface area contributed by atoms with Crippen LogP contribution in [0.5, 0.6) is 0 Å². The number of hydrogen-bond donors (Lipinski definition) is 1. The zero-order valence-electron chi connectivity index (χ0n) is 22.2. The number of benzene rings is 2. The quantitative estimate of drug-likeness (QED) is 0.369. The monoisotopic (exact) mass is 491 g/mol. The zero-order valence-corrected chi connectivity index (χ0v) is 22.2. The molecule has 2 aromatic carbocycles. The first-order valence-corrected chi connectivity index (χ1v) is 12.5. The van der Waals surface area contributed by atoms with Crippen molar-refractivity contribution < 1.29 is 19.1 Å². The Hall–Kier alpha value is -3.61. The minimum absolute atomic E-state index is 0.355. The molecule has 0 aliphatic carbocycles. The van der Waals surface area contributed by atoms with Crippen molar-refractivity contribution in [3.63, 3.8) is 0 Å². The molecule has 0 unspecified atom stereocenters. The summed E-state index contributed by atoms with van der Waals surface area (Å²) in [5.74, 6) is 0.649. The Kier molecular flexibility index (Phi) is 8.91. The maximum Gasteiger partial charge on any atom is 0.407 e. The van der Waals surface area contributed by atoms with Gasteiger partial charge in [-0.2, -0.15) is 0 Å².